The maximum Gasteiger partial charge on any atom is 0.257 e. The molecule has 3 aromatic rings. The van der Waals surface area contributed by atoms with E-state index in [1.807, 2.05) is 55.7 Å². The number of nitrogens with zero attached hydrogens (tertiary/aromatic N) is 3. The molecule has 3 rings (SSSR count). The summed E-state index contributed by atoms with van der Waals surface area (Å²) in [7, 11) is 1.82. The molecule has 0 unspecified atom stereocenters. The number of hydrogen-bond acceptors (Lipinski definition) is 3. The molecule has 0 aliphatic carbocycles. The second kappa shape index (κ2) is 6.68. The molecule has 0 saturated carbocycles. The average molecular weight is 390 g/mol. The van der Waals surface area contributed by atoms with Crippen molar-refractivity contribution in [3.8, 4) is 5.69 Å². The van der Waals surface area contributed by atoms with Crippen molar-refractivity contribution in [1.82, 2.24) is 14.7 Å². The first kappa shape index (κ1) is 16.0. The standard InChI is InChI=1S/C17H16BrN3OS/c1-12-16(17(22)20(2)11-15-4-3-9-23-15)10-19-21(12)14-7-5-13(18)6-8-14/h3-10H,11H2,1-2H3. The Bertz CT molecular complexity index is 809. The van der Waals surface area contributed by atoms with Gasteiger partial charge in [-0.15, -0.1) is 11.3 Å². The number of thiophene rings is 1. The van der Waals surface area contributed by atoms with Crippen molar-refractivity contribution in [2.75, 3.05) is 7.05 Å². The molecular weight excluding hydrogens is 374 g/mol. The summed E-state index contributed by atoms with van der Waals surface area (Å²) in [6, 6.07) is 11.9. The van der Waals surface area contributed by atoms with Crippen LogP contribution in [0, 0.1) is 6.92 Å². The number of aromatic nitrogens is 2. The quantitative estimate of drug-likeness (QED) is 0.667. The molecule has 23 heavy (non-hydrogen) atoms. The van der Waals surface area contributed by atoms with Crippen LogP contribution in [0.3, 0.4) is 0 Å². The van der Waals surface area contributed by atoms with Crippen LogP contribution in [0.5, 0.6) is 0 Å². The number of hydrogen-bond donors (Lipinski definition) is 0. The topological polar surface area (TPSA) is 38.1 Å². The van der Waals surface area contributed by atoms with E-state index in [-0.39, 0.29) is 5.91 Å². The van der Waals surface area contributed by atoms with E-state index >= 15 is 0 Å². The number of carbonyl (C=O) groups excluding carboxylic acids is 1. The van der Waals surface area contributed by atoms with Crippen molar-refractivity contribution in [2.45, 2.75) is 13.5 Å². The summed E-state index contributed by atoms with van der Waals surface area (Å²) in [6.07, 6.45) is 1.64. The molecule has 0 fully saturated rings. The second-order valence-electron chi connectivity index (χ2n) is 5.27. The molecule has 0 spiro atoms. The molecule has 0 bridgehead atoms. The van der Waals surface area contributed by atoms with Crippen molar-refractivity contribution in [2.24, 2.45) is 0 Å². The lowest BCUT2D eigenvalue weighted by atomic mass is 10.2. The van der Waals surface area contributed by atoms with Gasteiger partial charge in [0.25, 0.3) is 5.91 Å². The Kier molecular flexibility index (Phi) is 4.63. The van der Waals surface area contributed by atoms with Gasteiger partial charge in [-0.05, 0) is 42.6 Å². The van der Waals surface area contributed by atoms with Crippen LogP contribution in [-0.2, 0) is 6.54 Å². The molecule has 0 aliphatic rings. The van der Waals surface area contributed by atoms with Crippen LogP contribution >= 0.6 is 27.3 Å². The van der Waals surface area contributed by atoms with E-state index in [9.17, 15) is 4.79 Å². The lowest BCUT2D eigenvalue weighted by molar-refractivity contribution is 0.0785. The van der Waals surface area contributed by atoms with Crippen LogP contribution in [-0.4, -0.2) is 27.6 Å². The summed E-state index contributed by atoms with van der Waals surface area (Å²) in [5, 5.41) is 6.39. The summed E-state index contributed by atoms with van der Waals surface area (Å²) >= 11 is 5.08. The normalized spacial score (nSPS) is 10.7. The summed E-state index contributed by atoms with van der Waals surface area (Å²) in [5.41, 5.74) is 2.41. The molecule has 0 saturated heterocycles. The first-order valence-corrected chi connectivity index (χ1v) is 8.82. The van der Waals surface area contributed by atoms with Crippen molar-refractivity contribution in [3.05, 3.63) is 68.6 Å². The Morgan fingerprint density at radius 1 is 1.30 bits per heavy atom. The van der Waals surface area contributed by atoms with Gasteiger partial charge in [-0.25, -0.2) is 4.68 Å². The van der Waals surface area contributed by atoms with Crippen molar-refractivity contribution in [3.63, 3.8) is 0 Å². The van der Waals surface area contributed by atoms with Crippen molar-refractivity contribution >= 4 is 33.2 Å². The third kappa shape index (κ3) is 3.38. The van der Waals surface area contributed by atoms with E-state index in [0.717, 1.165) is 15.9 Å². The second-order valence-corrected chi connectivity index (χ2v) is 7.22. The zero-order valence-corrected chi connectivity index (χ0v) is 15.3. The Morgan fingerprint density at radius 2 is 2.04 bits per heavy atom. The van der Waals surface area contributed by atoms with Gasteiger partial charge in [0.2, 0.25) is 0 Å². The van der Waals surface area contributed by atoms with Gasteiger partial charge in [0.05, 0.1) is 29.7 Å². The molecule has 6 heteroatoms. The largest absolute Gasteiger partial charge is 0.336 e. The average Bonchev–Trinajstić information content (AvgIpc) is 3.17. The van der Waals surface area contributed by atoms with Gasteiger partial charge >= 0.3 is 0 Å². The summed E-state index contributed by atoms with van der Waals surface area (Å²) in [5.74, 6) is -0.0146. The summed E-state index contributed by atoms with van der Waals surface area (Å²) < 4.78 is 2.80. The monoisotopic (exact) mass is 389 g/mol. The maximum absolute atomic E-state index is 12.7. The van der Waals surface area contributed by atoms with Gasteiger partial charge in [-0.2, -0.15) is 5.10 Å². The minimum absolute atomic E-state index is 0.0146. The minimum atomic E-state index is -0.0146. The van der Waals surface area contributed by atoms with Gasteiger partial charge in [0, 0.05) is 16.4 Å². The molecule has 1 aromatic carbocycles. The van der Waals surface area contributed by atoms with E-state index < -0.39 is 0 Å². The van der Waals surface area contributed by atoms with E-state index in [4.69, 9.17) is 0 Å². The number of amides is 1. The fraction of sp³-hybridized carbons (Fsp3) is 0.176. The predicted molar refractivity (Wildman–Crippen MR) is 96.1 cm³/mol. The fourth-order valence-electron chi connectivity index (χ4n) is 2.38. The zero-order chi connectivity index (χ0) is 16.4. The van der Waals surface area contributed by atoms with Crippen LogP contribution in [0.2, 0.25) is 0 Å². The minimum Gasteiger partial charge on any atom is -0.336 e. The van der Waals surface area contributed by atoms with Gasteiger partial charge < -0.3 is 4.90 Å². The molecule has 0 atom stereocenters. The van der Waals surface area contributed by atoms with Crippen LogP contribution in [0.1, 0.15) is 20.9 Å². The smallest absolute Gasteiger partial charge is 0.257 e. The Morgan fingerprint density at radius 3 is 2.70 bits per heavy atom. The third-order valence-electron chi connectivity index (χ3n) is 3.63. The Labute approximate surface area is 147 Å². The molecule has 0 radical (unpaired) electrons. The van der Waals surface area contributed by atoms with E-state index in [1.165, 1.54) is 4.88 Å². The van der Waals surface area contributed by atoms with Gasteiger partial charge in [0.1, 0.15) is 0 Å². The molecule has 1 amide bonds. The highest BCUT2D eigenvalue weighted by Crippen LogP contribution is 2.19. The maximum atomic E-state index is 12.7. The highest BCUT2D eigenvalue weighted by atomic mass is 79.9. The zero-order valence-electron chi connectivity index (χ0n) is 12.9. The summed E-state index contributed by atoms with van der Waals surface area (Å²) in [4.78, 5) is 15.5. The summed E-state index contributed by atoms with van der Waals surface area (Å²) in [6.45, 7) is 2.53. The molecule has 4 nitrogen and oxygen atoms in total. The molecule has 2 heterocycles. The highest BCUT2D eigenvalue weighted by Gasteiger charge is 2.19. The first-order chi connectivity index (χ1) is 11.1. The molecule has 0 N–H and O–H groups in total. The lowest BCUT2D eigenvalue weighted by Gasteiger charge is -2.16. The predicted octanol–water partition coefficient (Wildman–Crippen LogP) is 4.28. The van der Waals surface area contributed by atoms with E-state index in [0.29, 0.717) is 12.1 Å². The number of carbonyl (C=O) groups is 1. The first-order valence-electron chi connectivity index (χ1n) is 7.14. The van der Waals surface area contributed by atoms with Crippen LogP contribution in [0.25, 0.3) is 5.69 Å². The van der Waals surface area contributed by atoms with Crippen LogP contribution < -0.4 is 0 Å². The number of rotatable bonds is 4. The van der Waals surface area contributed by atoms with Crippen molar-refractivity contribution in [1.29, 1.82) is 0 Å². The number of halogens is 1. The van der Waals surface area contributed by atoms with Gasteiger partial charge in [-0.3, -0.25) is 4.79 Å². The highest BCUT2D eigenvalue weighted by molar-refractivity contribution is 9.10. The molecule has 0 aliphatic heterocycles. The lowest BCUT2D eigenvalue weighted by Crippen LogP contribution is -2.26. The SMILES string of the molecule is Cc1c(C(=O)N(C)Cc2cccs2)cnn1-c1ccc(Br)cc1. The van der Waals surface area contributed by atoms with Gasteiger partial charge in [0.15, 0.2) is 0 Å². The van der Waals surface area contributed by atoms with E-state index in [2.05, 4.69) is 21.0 Å². The Hall–Kier alpha value is -1.92. The molecule has 118 valence electrons. The van der Waals surface area contributed by atoms with Crippen LogP contribution in [0.15, 0.2) is 52.4 Å². The van der Waals surface area contributed by atoms with Crippen molar-refractivity contribution < 1.29 is 4.79 Å². The fourth-order valence-corrected chi connectivity index (χ4v) is 3.40. The van der Waals surface area contributed by atoms with Crippen LogP contribution in [0.4, 0.5) is 0 Å². The van der Waals surface area contributed by atoms with E-state index in [1.54, 1.807) is 27.1 Å². The molecular formula is C17H16BrN3OS. The third-order valence-corrected chi connectivity index (χ3v) is 5.02. The molecule has 2 aromatic heterocycles. The Balaban J connectivity index is 1.83. The van der Waals surface area contributed by atoms with Gasteiger partial charge in [-0.1, -0.05) is 22.0 Å². The number of benzene rings is 1.